The molecule has 0 radical (unpaired) electrons. The highest BCUT2D eigenvalue weighted by atomic mass is 32.1. The maximum absolute atomic E-state index is 4.65. The van der Waals surface area contributed by atoms with Gasteiger partial charge in [-0.2, -0.15) is 0 Å². The summed E-state index contributed by atoms with van der Waals surface area (Å²) in [5.41, 5.74) is 2.23. The molecule has 0 atom stereocenters. The number of aromatic amines is 1. The molecular weight excluding hydrogens is 268 g/mol. The van der Waals surface area contributed by atoms with Crippen LogP contribution in [0.5, 0.6) is 0 Å². The first kappa shape index (κ1) is 13.0. The number of benzene rings is 1. The maximum atomic E-state index is 4.65. The zero-order valence-corrected chi connectivity index (χ0v) is 11.9. The van der Waals surface area contributed by atoms with Crippen LogP contribution in [0.15, 0.2) is 48.1 Å². The summed E-state index contributed by atoms with van der Waals surface area (Å²) in [5.74, 6) is 1.02. The normalized spacial score (nSPS) is 10.8. The van der Waals surface area contributed by atoms with Crippen LogP contribution in [0.1, 0.15) is 10.8 Å². The fraction of sp³-hybridized carbons (Fsp3) is 0.200. The lowest BCUT2D eigenvalue weighted by atomic mass is 10.2. The van der Waals surface area contributed by atoms with Crippen LogP contribution < -0.4 is 5.32 Å². The Kier molecular flexibility index (Phi) is 4.20. The van der Waals surface area contributed by atoms with Gasteiger partial charge in [0, 0.05) is 42.8 Å². The first-order chi connectivity index (χ1) is 9.92. The van der Waals surface area contributed by atoms with Gasteiger partial charge in [0.25, 0.3) is 0 Å². The van der Waals surface area contributed by atoms with E-state index in [1.807, 2.05) is 24.4 Å². The maximum Gasteiger partial charge on any atom is 0.107 e. The lowest BCUT2D eigenvalue weighted by Gasteiger charge is -2.00. The molecule has 0 bridgehead atoms. The molecule has 0 spiro atoms. The molecule has 0 aliphatic heterocycles. The summed E-state index contributed by atoms with van der Waals surface area (Å²) >= 11 is 1.70. The molecule has 2 aromatic heterocycles. The fourth-order valence-corrected chi connectivity index (χ4v) is 2.74. The molecule has 0 unspecified atom stereocenters. The molecule has 0 fully saturated rings. The number of H-pyrrole nitrogens is 1. The van der Waals surface area contributed by atoms with Crippen molar-refractivity contribution in [1.82, 2.24) is 20.3 Å². The summed E-state index contributed by atoms with van der Waals surface area (Å²) < 4.78 is 0. The van der Waals surface area contributed by atoms with Crippen molar-refractivity contribution in [3.05, 3.63) is 58.9 Å². The van der Waals surface area contributed by atoms with Crippen molar-refractivity contribution in [3.63, 3.8) is 0 Å². The highest BCUT2D eigenvalue weighted by molar-refractivity contribution is 7.09. The molecule has 20 heavy (non-hydrogen) atoms. The van der Waals surface area contributed by atoms with Gasteiger partial charge in [-0.1, -0.05) is 30.3 Å². The van der Waals surface area contributed by atoms with Crippen LogP contribution in [0.25, 0.3) is 11.3 Å². The standard InChI is InChI=1S/C15H16N4S/c1-2-4-12(5-3-1)13-11-20-15(19-13)10-16-7-6-14-17-8-9-18-14/h1-5,8-9,11,16H,6-7,10H2,(H,17,18). The predicted molar refractivity (Wildman–Crippen MR) is 81.5 cm³/mol. The fourth-order valence-electron chi connectivity index (χ4n) is 1.97. The number of nitrogens with one attached hydrogen (secondary N) is 2. The third-order valence-corrected chi connectivity index (χ3v) is 3.84. The highest BCUT2D eigenvalue weighted by Gasteiger charge is 2.03. The van der Waals surface area contributed by atoms with Crippen molar-refractivity contribution in [2.45, 2.75) is 13.0 Å². The Morgan fingerprint density at radius 1 is 1.20 bits per heavy atom. The first-order valence-electron chi connectivity index (χ1n) is 6.60. The largest absolute Gasteiger partial charge is 0.349 e. The third-order valence-electron chi connectivity index (χ3n) is 2.99. The van der Waals surface area contributed by atoms with Gasteiger partial charge in [0.05, 0.1) is 5.69 Å². The van der Waals surface area contributed by atoms with Crippen molar-refractivity contribution in [3.8, 4) is 11.3 Å². The van der Waals surface area contributed by atoms with Crippen LogP contribution in [-0.2, 0) is 13.0 Å². The van der Waals surface area contributed by atoms with Gasteiger partial charge < -0.3 is 10.3 Å². The first-order valence-corrected chi connectivity index (χ1v) is 7.48. The van der Waals surface area contributed by atoms with Gasteiger partial charge in [-0.15, -0.1) is 11.3 Å². The molecule has 0 saturated heterocycles. The molecule has 5 heteroatoms. The van der Waals surface area contributed by atoms with Gasteiger partial charge in [-0.25, -0.2) is 9.97 Å². The number of rotatable bonds is 6. The number of thiazole rings is 1. The summed E-state index contributed by atoms with van der Waals surface area (Å²) in [7, 11) is 0. The van der Waals surface area contributed by atoms with Crippen molar-refractivity contribution >= 4 is 11.3 Å². The summed E-state index contributed by atoms with van der Waals surface area (Å²) in [6, 6.07) is 10.3. The summed E-state index contributed by atoms with van der Waals surface area (Å²) in [5, 5.41) is 6.62. The zero-order valence-electron chi connectivity index (χ0n) is 11.0. The number of aromatic nitrogens is 3. The minimum atomic E-state index is 0.804. The predicted octanol–water partition coefficient (Wildman–Crippen LogP) is 2.87. The van der Waals surface area contributed by atoms with E-state index in [2.05, 4.69) is 37.8 Å². The van der Waals surface area contributed by atoms with Crippen LogP contribution in [0.4, 0.5) is 0 Å². The Morgan fingerprint density at radius 3 is 2.90 bits per heavy atom. The molecule has 2 heterocycles. The lowest BCUT2D eigenvalue weighted by molar-refractivity contribution is 0.671. The monoisotopic (exact) mass is 284 g/mol. The molecule has 0 aliphatic carbocycles. The van der Waals surface area contributed by atoms with Crippen LogP contribution in [0.2, 0.25) is 0 Å². The van der Waals surface area contributed by atoms with E-state index in [9.17, 15) is 0 Å². The van der Waals surface area contributed by atoms with E-state index in [1.54, 1.807) is 17.5 Å². The second-order valence-electron chi connectivity index (χ2n) is 4.46. The minimum Gasteiger partial charge on any atom is -0.349 e. The van der Waals surface area contributed by atoms with Crippen molar-refractivity contribution < 1.29 is 0 Å². The Hall–Kier alpha value is -1.98. The quantitative estimate of drug-likeness (QED) is 0.684. The number of nitrogens with zero attached hydrogens (tertiary/aromatic N) is 2. The van der Waals surface area contributed by atoms with E-state index >= 15 is 0 Å². The molecule has 102 valence electrons. The van der Waals surface area contributed by atoms with Crippen LogP contribution in [0.3, 0.4) is 0 Å². The smallest absolute Gasteiger partial charge is 0.107 e. The number of hydrogen-bond acceptors (Lipinski definition) is 4. The highest BCUT2D eigenvalue weighted by Crippen LogP contribution is 2.21. The molecule has 3 aromatic rings. The van der Waals surface area contributed by atoms with Gasteiger partial charge >= 0.3 is 0 Å². The van der Waals surface area contributed by atoms with Crippen LogP contribution in [-0.4, -0.2) is 21.5 Å². The molecule has 0 amide bonds. The van der Waals surface area contributed by atoms with Gasteiger partial charge in [0.1, 0.15) is 10.8 Å². The number of imidazole rings is 1. The lowest BCUT2D eigenvalue weighted by Crippen LogP contribution is -2.17. The summed E-state index contributed by atoms with van der Waals surface area (Å²) in [4.78, 5) is 11.9. The average molecular weight is 284 g/mol. The van der Waals surface area contributed by atoms with Crippen LogP contribution in [0, 0.1) is 0 Å². The van der Waals surface area contributed by atoms with Gasteiger partial charge in [-0.05, 0) is 0 Å². The molecule has 2 N–H and O–H groups in total. The molecule has 4 nitrogen and oxygen atoms in total. The van der Waals surface area contributed by atoms with E-state index in [0.29, 0.717) is 0 Å². The zero-order chi connectivity index (χ0) is 13.6. The van der Waals surface area contributed by atoms with Gasteiger partial charge in [0.2, 0.25) is 0 Å². The summed E-state index contributed by atoms with van der Waals surface area (Å²) in [6.07, 6.45) is 4.54. The Labute approximate surface area is 121 Å². The van der Waals surface area contributed by atoms with Crippen LogP contribution >= 0.6 is 11.3 Å². The van der Waals surface area contributed by atoms with E-state index in [-0.39, 0.29) is 0 Å². The molecule has 3 rings (SSSR count). The van der Waals surface area contributed by atoms with Crippen molar-refractivity contribution in [1.29, 1.82) is 0 Å². The molecular formula is C15H16N4S. The topological polar surface area (TPSA) is 53.6 Å². The Balaban J connectivity index is 1.50. The van der Waals surface area contributed by atoms with Crippen molar-refractivity contribution in [2.75, 3.05) is 6.54 Å². The average Bonchev–Trinajstić information content (AvgIpc) is 3.16. The third kappa shape index (κ3) is 3.31. The Bertz CT molecular complexity index is 631. The molecule has 0 saturated carbocycles. The number of hydrogen-bond donors (Lipinski definition) is 2. The SMILES string of the molecule is c1ccc(-c2csc(CNCCc3ncc[nH]3)n2)cc1. The second-order valence-corrected chi connectivity index (χ2v) is 5.40. The van der Waals surface area contributed by atoms with E-state index in [1.165, 1.54) is 5.56 Å². The molecule has 1 aromatic carbocycles. The van der Waals surface area contributed by atoms with E-state index < -0.39 is 0 Å². The Morgan fingerprint density at radius 2 is 2.10 bits per heavy atom. The second kappa shape index (κ2) is 6.45. The molecule has 0 aliphatic rings. The van der Waals surface area contributed by atoms with Crippen molar-refractivity contribution in [2.24, 2.45) is 0 Å². The van der Waals surface area contributed by atoms with E-state index in [0.717, 1.165) is 36.0 Å². The van der Waals surface area contributed by atoms with Gasteiger partial charge in [-0.3, -0.25) is 0 Å². The minimum absolute atomic E-state index is 0.804. The van der Waals surface area contributed by atoms with E-state index in [4.69, 9.17) is 0 Å². The summed E-state index contributed by atoms with van der Waals surface area (Å²) in [6.45, 7) is 1.70. The van der Waals surface area contributed by atoms with Gasteiger partial charge in [0.15, 0.2) is 0 Å².